The molecule has 0 atom stereocenters. The maximum atomic E-state index is 9.41. The maximum absolute atomic E-state index is 9.41. The van der Waals surface area contributed by atoms with Crippen molar-refractivity contribution in [3.8, 4) is 84.3 Å². The van der Waals surface area contributed by atoms with Crippen LogP contribution < -0.4 is 0 Å². The van der Waals surface area contributed by atoms with Crippen molar-refractivity contribution in [1.29, 1.82) is 5.26 Å². The standard InChI is InChI=1S/C67H53N4.Ir/c1-67(2,3)44-52-24-37-66(71-46-52)58-35-36-62(63(43-58)55-33-31-54(32-34-55)53-25-22-49(45-68)23-26-53)61-11-5-4-10-60(61)59-41-50(16-14-47-18-27-56(28-19-47)64-12-6-8-38-69-64)40-51(42-59)17-15-48-20-29-57(30-21-48)65-13-7-9-39-70-65;/h4-13,18-27,29,31-34,36-43,46H,14-17,44H2,1-3H3;/q-3;+3. The molecule has 7 aromatic carbocycles. The maximum Gasteiger partial charge on any atom is 3.00 e. The minimum atomic E-state index is 0. The van der Waals surface area contributed by atoms with Gasteiger partial charge in [-0.25, -0.2) is 0 Å². The van der Waals surface area contributed by atoms with Gasteiger partial charge < -0.3 is 15.0 Å². The van der Waals surface area contributed by atoms with E-state index in [1.54, 1.807) is 0 Å². The van der Waals surface area contributed by atoms with E-state index in [1.807, 2.05) is 79.3 Å². The van der Waals surface area contributed by atoms with Gasteiger partial charge in [-0.05, 0) is 111 Å². The largest absolute Gasteiger partial charge is 3.00 e. The number of pyridine rings is 3. The Hall–Kier alpha value is -7.87. The molecule has 10 aromatic rings. The van der Waals surface area contributed by atoms with Crippen LogP contribution in [0.2, 0.25) is 0 Å². The Bertz CT molecular complexity index is 3320. The molecule has 5 heteroatoms. The van der Waals surface area contributed by atoms with Crippen molar-refractivity contribution in [2.45, 2.75) is 52.9 Å². The summed E-state index contributed by atoms with van der Waals surface area (Å²) < 4.78 is 0. The van der Waals surface area contributed by atoms with Crippen LogP contribution in [0.3, 0.4) is 0 Å². The van der Waals surface area contributed by atoms with Crippen molar-refractivity contribution < 1.29 is 20.1 Å². The second-order valence-electron chi connectivity index (χ2n) is 19.5. The molecule has 0 radical (unpaired) electrons. The van der Waals surface area contributed by atoms with Crippen LogP contribution in [-0.2, 0) is 52.2 Å². The molecule has 0 aliphatic rings. The summed E-state index contributed by atoms with van der Waals surface area (Å²) in [6, 6.07) is 79.0. The Labute approximate surface area is 438 Å². The zero-order chi connectivity index (χ0) is 48.6. The molecular formula is C67H53IrN4. The van der Waals surface area contributed by atoms with Crippen molar-refractivity contribution in [2.75, 3.05) is 0 Å². The summed E-state index contributed by atoms with van der Waals surface area (Å²) in [4.78, 5) is 14.0. The van der Waals surface area contributed by atoms with Crippen molar-refractivity contribution >= 4 is 0 Å². The molecule has 72 heavy (non-hydrogen) atoms. The summed E-state index contributed by atoms with van der Waals surface area (Å²) in [7, 11) is 0. The average Bonchev–Trinajstić information content (AvgIpc) is 3.42. The summed E-state index contributed by atoms with van der Waals surface area (Å²) in [6.45, 7) is 6.77. The third-order valence-electron chi connectivity index (χ3n) is 13.0. The Morgan fingerprint density at radius 1 is 0.417 bits per heavy atom. The van der Waals surface area contributed by atoms with Gasteiger partial charge in [-0.1, -0.05) is 166 Å². The molecule has 0 saturated carbocycles. The minimum absolute atomic E-state index is 0. The quantitative estimate of drug-likeness (QED) is 0.102. The number of rotatable bonds is 14. The van der Waals surface area contributed by atoms with Crippen LogP contribution >= 0.6 is 0 Å². The predicted octanol–water partition coefficient (Wildman–Crippen LogP) is 16.0. The molecule has 3 heterocycles. The van der Waals surface area contributed by atoms with E-state index in [1.165, 1.54) is 33.4 Å². The van der Waals surface area contributed by atoms with Crippen molar-refractivity contribution in [2.24, 2.45) is 5.41 Å². The van der Waals surface area contributed by atoms with Gasteiger partial charge in [-0.3, -0.25) is 0 Å². The molecule has 0 spiro atoms. The normalized spacial score (nSPS) is 11.1. The van der Waals surface area contributed by atoms with Crippen LogP contribution in [0.15, 0.2) is 207 Å². The topological polar surface area (TPSA) is 62.5 Å². The number of benzene rings is 7. The smallest absolute Gasteiger partial charge is 0.305 e. The van der Waals surface area contributed by atoms with Gasteiger partial charge in [0.1, 0.15) is 0 Å². The average molecular weight is 1110 g/mol. The van der Waals surface area contributed by atoms with Gasteiger partial charge in [0, 0.05) is 18.6 Å². The Balaban J connectivity index is 0.00000640. The first-order chi connectivity index (χ1) is 34.7. The van der Waals surface area contributed by atoms with Gasteiger partial charge in [0.15, 0.2) is 0 Å². The number of hydrogen-bond acceptors (Lipinski definition) is 4. The first-order valence-electron chi connectivity index (χ1n) is 24.4. The van der Waals surface area contributed by atoms with Crippen molar-refractivity contribution in [3.63, 3.8) is 0 Å². The van der Waals surface area contributed by atoms with E-state index in [9.17, 15) is 5.26 Å². The Kier molecular flexibility index (Phi) is 15.3. The number of hydrogen-bond donors (Lipinski definition) is 0. The molecule has 4 nitrogen and oxygen atoms in total. The summed E-state index contributed by atoms with van der Waals surface area (Å²) in [6.07, 6.45) is 10.2. The second kappa shape index (κ2) is 22.5. The fourth-order valence-corrected chi connectivity index (χ4v) is 9.32. The van der Waals surface area contributed by atoms with E-state index in [-0.39, 0.29) is 25.5 Å². The summed E-state index contributed by atoms with van der Waals surface area (Å²) >= 11 is 0. The SMILES string of the molecule is CC(C)(C)Cc1ccc(-c2[c-]cc(-c3ccccc3-c3cc(CCc4c[c-]c(-c5ccccn5)cc4)cc(CCc4c[c-]c(-c5ccccn5)cc4)c3)c(-c3ccc(-c4ccc(C#N)cc4)cc3)c2)nc1.[Ir+3]. The molecule has 0 aliphatic heterocycles. The van der Waals surface area contributed by atoms with Gasteiger partial charge in [-0.2, -0.15) is 5.26 Å². The van der Waals surface area contributed by atoms with E-state index < -0.39 is 0 Å². The van der Waals surface area contributed by atoms with Crippen molar-refractivity contribution in [1.82, 2.24) is 15.0 Å². The molecule has 0 fully saturated rings. The monoisotopic (exact) mass is 1110 g/mol. The minimum Gasteiger partial charge on any atom is -0.305 e. The van der Waals surface area contributed by atoms with Crippen LogP contribution in [0.1, 0.15) is 54.2 Å². The molecular weight excluding hydrogens is 1050 g/mol. The fraction of sp³-hybridized carbons (Fsp3) is 0.134. The zero-order valence-corrected chi connectivity index (χ0v) is 43.2. The van der Waals surface area contributed by atoms with Crippen LogP contribution in [0, 0.1) is 34.9 Å². The Morgan fingerprint density at radius 3 is 1.44 bits per heavy atom. The van der Waals surface area contributed by atoms with E-state index in [4.69, 9.17) is 4.98 Å². The molecule has 0 amide bonds. The first kappa shape index (κ1) is 49.1. The van der Waals surface area contributed by atoms with Gasteiger partial charge in [0.05, 0.1) is 11.6 Å². The van der Waals surface area contributed by atoms with Crippen LogP contribution in [0.5, 0.6) is 0 Å². The molecule has 350 valence electrons. The summed E-state index contributed by atoms with van der Waals surface area (Å²) in [5, 5.41) is 9.41. The van der Waals surface area contributed by atoms with Crippen molar-refractivity contribution in [3.05, 3.63) is 258 Å². The molecule has 0 N–H and O–H groups in total. The first-order valence-corrected chi connectivity index (χ1v) is 24.4. The number of nitrogens with zero attached hydrogens (tertiary/aromatic N) is 4. The second-order valence-corrected chi connectivity index (χ2v) is 19.5. The number of nitriles is 1. The molecule has 0 aliphatic carbocycles. The van der Waals surface area contributed by atoms with Crippen LogP contribution in [0.25, 0.3) is 78.3 Å². The molecule has 10 rings (SSSR count). The summed E-state index contributed by atoms with van der Waals surface area (Å²) in [5.41, 5.74) is 21.7. The fourth-order valence-electron chi connectivity index (χ4n) is 9.32. The van der Waals surface area contributed by atoms with E-state index in [0.717, 1.165) is 105 Å². The molecule has 3 aromatic heterocycles. The van der Waals surface area contributed by atoms with E-state index >= 15 is 0 Å². The van der Waals surface area contributed by atoms with Crippen LogP contribution in [-0.4, -0.2) is 15.0 Å². The van der Waals surface area contributed by atoms with Crippen LogP contribution in [0.4, 0.5) is 0 Å². The third-order valence-corrected chi connectivity index (χ3v) is 13.0. The van der Waals surface area contributed by atoms with Gasteiger partial charge in [-0.15, -0.1) is 94.5 Å². The van der Waals surface area contributed by atoms with E-state index in [2.05, 4.69) is 182 Å². The van der Waals surface area contributed by atoms with Gasteiger partial charge in [0.2, 0.25) is 0 Å². The van der Waals surface area contributed by atoms with Gasteiger partial charge >= 0.3 is 20.1 Å². The molecule has 0 saturated heterocycles. The predicted molar refractivity (Wildman–Crippen MR) is 290 cm³/mol. The number of aryl methyl sites for hydroxylation is 4. The van der Waals surface area contributed by atoms with Gasteiger partial charge in [0.25, 0.3) is 0 Å². The van der Waals surface area contributed by atoms with E-state index in [0.29, 0.717) is 5.56 Å². The molecule has 0 unspecified atom stereocenters. The third kappa shape index (κ3) is 12.0. The zero-order valence-electron chi connectivity index (χ0n) is 40.8. The molecule has 0 bridgehead atoms. The Morgan fingerprint density at radius 2 is 0.931 bits per heavy atom. The number of aromatic nitrogens is 3. The summed E-state index contributed by atoms with van der Waals surface area (Å²) in [5.74, 6) is 0.